The first-order valence-electron chi connectivity index (χ1n) is 18.6. The molecule has 0 aliphatic carbocycles. The molecular weight excluding hydrogens is 775 g/mol. The summed E-state index contributed by atoms with van der Waals surface area (Å²) in [5.41, 5.74) is 6.10. The average molecular weight is 831 g/mol. The van der Waals surface area contributed by atoms with Gasteiger partial charge < -0.3 is 10.2 Å². The number of ketones is 1. The Kier molecular flexibility index (Phi) is 16.2. The van der Waals surface area contributed by atoms with E-state index in [1.807, 2.05) is 44.2 Å². The molecule has 2 aliphatic heterocycles. The van der Waals surface area contributed by atoms with Gasteiger partial charge in [-0.25, -0.2) is 10.5 Å². The van der Waals surface area contributed by atoms with Crippen LogP contribution in [0.2, 0.25) is 0 Å². The molecule has 2 heterocycles. The number of Topliss-reactive ketones (excluding diaryl/α,β-unsaturated/α-hetero) is 1. The molecule has 0 spiro atoms. The Morgan fingerprint density at radius 1 is 0.911 bits per heavy atom. The molecule has 3 N–H and O–H groups in total. The smallest absolute Gasteiger partial charge is 0.220 e. The lowest BCUT2D eigenvalue weighted by molar-refractivity contribution is -0.438. The number of nitrogens with zero attached hydrogens (tertiary/aromatic N) is 2. The Labute approximate surface area is 340 Å². The molecule has 2 aliphatic rings. The van der Waals surface area contributed by atoms with Gasteiger partial charge in [0.15, 0.2) is 11.5 Å². The van der Waals surface area contributed by atoms with Crippen molar-refractivity contribution >= 4 is 67.8 Å². The highest BCUT2D eigenvalue weighted by Gasteiger charge is 2.44. The van der Waals surface area contributed by atoms with Gasteiger partial charge in [0.05, 0.1) is 35.5 Å². The molecule has 306 valence electrons. The zero-order valence-corrected chi connectivity index (χ0v) is 36.1. The highest BCUT2D eigenvalue weighted by atomic mass is 32.2. The summed E-state index contributed by atoms with van der Waals surface area (Å²) >= 11 is 1.88. The Balaban J connectivity index is 1.51. The molecule has 1 atom stereocenters. The number of hydrogen-bond acceptors (Lipinski definition) is 12. The lowest BCUT2D eigenvalue weighted by Gasteiger charge is -2.25. The van der Waals surface area contributed by atoms with E-state index in [4.69, 9.17) is 14.8 Å². The van der Waals surface area contributed by atoms with Crippen LogP contribution in [0.3, 0.4) is 0 Å². The Hall–Kier alpha value is -3.25. The molecule has 15 heteroatoms. The summed E-state index contributed by atoms with van der Waals surface area (Å²) in [6, 6.07) is 11.4. The minimum atomic E-state index is -2.37. The number of fused-ring (bicyclic) bond motifs is 2. The van der Waals surface area contributed by atoms with Gasteiger partial charge in [-0.1, -0.05) is 56.0 Å². The molecule has 2 aromatic carbocycles. The molecule has 12 nitrogen and oxygen atoms in total. The molecule has 0 fully saturated rings. The largest absolute Gasteiger partial charge is 0.346 e. The summed E-state index contributed by atoms with van der Waals surface area (Å²) in [6.45, 7) is 16.1. The van der Waals surface area contributed by atoms with Crippen molar-refractivity contribution in [2.75, 3.05) is 30.5 Å². The molecule has 2 aromatic rings. The van der Waals surface area contributed by atoms with Crippen LogP contribution in [0.5, 0.6) is 0 Å². The summed E-state index contributed by atoms with van der Waals surface area (Å²) in [5, 5.41) is 29.1. The zero-order chi connectivity index (χ0) is 41.3. The van der Waals surface area contributed by atoms with E-state index in [9.17, 15) is 13.8 Å². The van der Waals surface area contributed by atoms with Crippen molar-refractivity contribution in [3.8, 4) is 0 Å². The predicted octanol–water partition coefficient (Wildman–Crippen LogP) is 8.35. The molecule has 0 radical (unpaired) electrons. The van der Waals surface area contributed by atoms with Crippen LogP contribution in [-0.4, -0.2) is 73.7 Å². The van der Waals surface area contributed by atoms with E-state index in [1.165, 1.54) is 17.9 Å². The predicted molar refractivity (Wildman–Crippen MR) is 226 cm³/mol. The van der Waals surface area contributed by atoms with E-state index in [0.29, 0.717) is 12.8 Å². The number of anilines is 1. The molecular formula is C41H56N3O9S3+. The number of carbonyl (C=O) groups is 2. The van der Waals surface area contributed by atoms with E-state index < -0.39 is 15.6 Å². The van der Waals surface area contributed by atoms with Crippen LogP contribution in [0.15, 0.2) is 82.3 Å². The highest BCUT2D eigenvalue weighted by Crippen LogP contribution is 2.49. The van der Waals surface area contributed by atoms with Crippen molar-refractivity contribution in [1.82, 2.24) is 5.32 Å². The number of likely N-dealkylation sites (N-methyl/N-ethyl adjacent to an activating group) is 1. The third-order valence-corrected chi connectivity index (χ3v) is 12.0. The van der Waals surface area contributed by atoms with Crippen LogP contribution in [0, 0.1) is 5.92 Å². The average Bonchev–Trinajstić information content (AvgIpc) is 3.48. The summed E-state index contributed by atoms with van der Waals surface area (Å²) in [4.78, 5) is 29.5. The second kappa shape index (κ2) is 19.9. The molecule has 0 saturated carbocycles. The number of allylic oxidation sites excluding steroid dienone is 6. The molecule has 0 bridgehead atoms. The number of benzene rings is 2. The van der Waals surface area contributed by atoms with Gasteiger partial charge in [0.25, 0.3) is 0 Å². The van der Waals surface area contributed by atoms with Gasteiger partial charge in [-0.2, -0.15) is 4.58 Å². The Bertz CT molecular complexity index is 1990. The highest BCUT2D eigenvalue weighted by molar-refractivity contribution is 8.01. The first-order chi connectivity index (χ1) is 26.5. The van der Waals surface area contributed by atoms with Crippen LogP contribution >= 0.6 is 24.1 Å². The second-order valence-electron chi connectivity index (χ2n) is 15.6. The normalized spacial score (nSPS) is 17.4. The number of amides is 1. The summed E-state index contributed by atoms with van der Waals surface area (Å²) < 4.78 is 23.9. The molecule has 1 amide bonds. The van der Waals surface area contributed by atoms with Gasteiger partial charge in [0, 0.05) is 81.6 Å². The number of unbranched alkanes of at least 4 members (excludes halogenated alkanes) is 2. The third-order valence-electron chi connectivity index (χ3n) is 10.1. The first kappa shape index (κ1) is 45.5. The summed E-state index contributed by atoms with van der Waals surface area (Å²) in [5.74, 6) is -0.629. The molecule has 0 aromatic heterocycles. The van der Waals surface area contributed by atoms with Crippen molar-refractivity contribution in [1.29, 1.82) is 0 Å². The molecule has 0 saturated heterocycles. The lowest BCUT2D eigenvalue weighted by Crippen LogP contribution is -2.45. The maximum atomic E-state index is 12.8. The van der Waals surface area contributed by atoms with Crippen LogP contribution in [0.25, 0.3) is 0 Å². The van der Waals surface area contributed by atoms with Crippen LogP contribution in [-0.2, 0) is 48.7 Å². The summed E-state index contributed by atoms with van der Waals surface area (Å²) in [6.07, 6.45) is 16.1. The van der Waals surface area contributed by atoms with Crippen LogP contribution < -0.4 is 10.2 Å². The number of nitrogens with one attached hydrogen (secondary N) is 1. The number of rotatable bonds is 20. The maximum Gasteiger partial charge on any atom is 0.220 e. The minimum absolute atomic E-state index is 0.126. The SMILES string of the molecule is CCN1/C(=C/C=C/C=C/C2=[N+](CCCCCC(=O)N[C@H](C(=O)C=S(C)(C)=O)C(C)C)c3ccc(SOOO)cc3C2(C)C)C(C)(C)c2cc(SOOO)ccc21. The Morgan fingerprint density at radius 2 is 1.55 bits per heavy atom. The zero-order valence-electron chi connectivity index (χ0n) is 33.7. The van der Waals surface area contributed by atoms with Crippen molar-refractivity contribution < 1.29 is 47.6 Å². The van der Waals surface area contributed by atoms with Crippen molar-refractivity contribution in [2.45, 2.75) is 101 Å². The lowest BCUT2D eigenvalue weighted by atomic mass is 9.81. The number of hydrogen-bond donors (Lipinski definition) is 3. The molecule has 0 unspecified atom stereocenters. The van der Waals surface area contributed by atoms with E-state index >= 15 is 0 Å². The summed E-state index contributed by atoms with van der Waals surface area (Å²) in [7, 11) is -2.37. The van der Waals surface area contributed by atoms with E-state index in [1.54, 1.807) is 0 Å². The minimum Gasteiger partial charge on any atom is -0.346 e. The first-order valence-corrected chi connectivity index (χ1v) is 22.6. The van der Waals surface area contributed by atoms with Gasteiger partial charge in [0.2, 0.25) is 11.6 Å². The quantitative estimate of drug-likeness (QED) is 0.0224. The van der Waals surface area contributed by atoms with Gasteiger partial charge in [-0.05, 0) is 91.0 Å². The van der Waals surface area contributed by atoms with Gasteiger partial charge in [0.1, 0.15) is 6.54 Å². The topological polar surface area (TPSA) is 147 Å². The standard InChI is InChI=1S/C41H55N3O9S3/c1-10-43-33-22-20-29(54-52-50-47)25-31(33)40(4,5)36(43)17-13-11-14-18-37-41(6,7)32-26-30(55-53-51-48)21-23-34(32)44(37)24-16-12-15-19-38(46)42-39(28(2)3)35(45)27-56(8,9)49/h11,13-14,17-18,20-23,25-28,39H,10,12,15-16,19,24H2,1-9H3,(H2-,42,46,47,48)/p+1/t39-/m0/s1. The maximum absolute atomic E-state index is 12.8. The van der Waals surface area contributed by atoms with Crippen molar-refractivity contribution in [3.63, 3.8) is 0 Å². The Morgan fingerprint density at radius 3 is 2.16 bits per heavy atom. The monoisotopic (exact) mass is 830 g/mol. The van der Waals surface area contributed by atoms with Crippen molar-refractivity contribution in [2.24, 2.45) is 5.92 Å². The fraction of sp³-hybridized carbons (Fsp3) is 0.463. The van der Waals surface area contributed by atoms with Gasteiger partial charge in [-0.15, -0.1) is 8.67 Å². The second-order valence-corrected chi connectivity index (χ2v) is 20.0. The van der Waals surface area contributed by atoms with E-state index in [0.717, 1.165) is 93.7 Å². The fourth-order valence-corrected chi connectivity index (χ4v) is 8.86. The van der Waals surface area contributed by atoms with Gasteiger partial charge in [-0.3, -0.25) is 13.8 Å². The fourth-order valence-electron chi connectivity index (χ4n) is 7.36. The van der Waals surface area contributed by atoms with Crippen molar-refractivity contribution in [3.05, 3.63) is 83.6 Å². The van der Waals surface area contributed by atoms with E-state index in [-0.39, 0.29) is 28.4 Å². The molecule has 4 rings (SSSR count). The van der Waals surface area contributed by atoms with E-state index in [2.05, 4.69) is 100 Å². The molecule has 56 heavy (non-hydrogen) atoms. The third kappa shape index (κ3) is 11.2. The van der Waals surface area contributed by atoms with Crippen LogP contribution in [0.1, 0.15) is 85.3 Å². The number of carbonyl (C=O) groups excluding carboxylic acids is 2. The van der Waals surface area contributed by atoms with Crippen LogP contribution in [0.4, 0.5) is 11.4 Å². The van der Waals surface area contributed by atoms with Gasteiger partial charge >= 0.3 is 0 Å².